The second-order valence-electron chi connectivity index (χ2n) is 6.00. The van der Waals surface area contributed by atoms with Crippen LogP contribution in [0, 0.1) is 10.1 Å². The molecular formula is C16H16N2O3. The summed E-state index contributed by atoms with van der Waals surface area (Å²) in [6.45, 7) is 0. The Morgan fingerprint density at radius 2 is 1.81 bits per heavy atom. The van der Waals surface area contributed by atoms with Crippen molar-refractivity contribution in [2.45, 2.75) is 44.2 Å². The number of hydrogen-bond donors (Lipinski definition) is 0. The van der Waals surface area contributed by atoms with Crippen molar-refractivity contribution in [1.82, 2.24) is 5.06 Å². The summed E-state index contributed by atoms with van der Waals surface area (Å²) in [4.78, 5) is 25.3. The van der Waals surface area contributed by atoms with Gasteiger partial charge in [-0.3, -0.25) is 4.79 Å². The Morgan fingerprint density at radius 3 is 2.62 bits per heavy atom. The average Bonchev–Trinajstić information content (AvgIpc) is 2.67. The van der Waals surface area contributed by atoms with Crippen LogP contribution in [0.1, 0.15) is 48.0 Å². The zero-order valence-electron chi connectivity index (χ0n) is 11.6. The summed E-state index contributed by atoms with van der Waals surface area (Å²) in [5.74, 6) is -0.306. The van der Waals surface area contributed by atoms with Gasteiger partial charge in [-0.15, -0.1) is 0 Å². The first-order valence-corrected chi connectivity index (χ1v) is 7.51. The van der Waals surface area contributed by atoms with E-state index < -0.39 is 0 Å². The number of hydrogen-bond acceptors (Lipinski definition) is 4. The molecule has 1 heterocycles. The summed E-state index contributed by atoms with van der Waals surface area (Å²) in [5, 5.41) is 13.5. The zero-order valence-corrected chi connectivity index (χ0v) is 11.6. The third kappa shape index (κ3) is 1.64. The van der Waals surface area contributed by atoms with E-state index in [1.54, 1.807) is 24.3 Å². The summed E-state index contributed by atoms with van der Waals surface area (Å²) in [6.07, 6.45) is 4.36. The van der Waals surface area contributed by atoms with Crippen molar-refractivity contribution in [2.24, 2.45) is 0 Å². The van der Waals surface area contributed by atoms with Gasteiger partial charge in [-0.1, -0.05) is 31.0 Å². The summed E-state index contributed by atoms with van der Waals surface area (Å²) < 4.78 is 0.948. The van der Waals surface area contributed by atoms with E-state index in [9.17, 15) is 14.9 Å². The minimum Gasteiger partial charge on any atom is -0.758 e. The number of fused-ring (bicyclic) bond motifs is 3. The number of benzene rings is 1. The predicted molar refractivity (Wildman–Crippen MR) is 77.2 cm³/mol. The van der Waals surface area contributed by atoms with E-state index in [0.29, 0.717) is 17.5 Å². The monoisotopic (exact) mass is 284 g/mol. The molecule has 0 amide bonds. The van der Waals surface area contributed by atoms with E-state index >= 15 is 0 Å². The number of carbonyl (C=O) groups is 1. The second kappa shape index (κ2) is 4.49. The first kappa shape index (κ1) is 12.7. The minimum absolute atomic E-state index is 0.0503. The lowest BCUT2D eigenvalue weighted by Gasteiger charge is -2.41. The normalized spacial score (nSPS) is 28.1. The molecule has 2 aliphatic carbocycles. The second-order valence-corrected chi connectivity index (χ2v) is 6.00. The quantitative estimate of drug-likeness (QED) is 0.687. The van der Waals surface area contributed by atoms with Gasteiger partial charge in [0.1, 0.15) is 0 Å². The molecule has 1 aromatic rings. The van der Waals surface area contributed by atoms with Crippen molar-refractivity contribution >= 4 is 11.5 Å². The van der Waals surface area contributed by atoms with Crippen LogP contribution in [-0.4, -0.2) is 27.7 Å². The van der Waals surface area contributed by atoms with E-state index in [2.05, 4.69) is 0 Å². The van der Waals surface area contributed by atoms with E-state index in [0.717, 1.165) is 35.5 Å². The maximum atomic E-state index is 12.8. The molecular weight excluding hydrogens is 268 g/mol. The Morgan fingerprint density at radius 1 is 1.10 bits per heavy atom. The van der Waals surface area contributed by atoms with Crippen molar-refractivity contribution in [2.75, 3.05) is 0 Å². The van der Waals surface area contributed by atoms with E-state index in [1.165, 1.54) is 0 Å². The fourth-order valence-electron chi connectivity index (χ4n) is 3.83. The van der Waals surface area contributed by atoms with Crippen molar-refractivity contribution in [3.63, 3.8) is 0 Å². The van der Waals surface area contributed by atoms with Gasteiger partial charge in [0.25, 0.3) is 5.70 Å². The van der Waals surface area contributed by atoms with Gasteiger partial charge in [-0.2, -0.15) is 0 Å². The maximum absolute atomic E-state index is 12.8. The summed E-state index contributed by atoms with van der Waals surface area (Å²) in [7, 11) is 0. The Bertz CT molecular complexity index is 680. The lowest BCUT2D eigenvalue weighted by atomic mass is 9.98. The third-order valence-corrected chi connectivity index (χ3v) is 4.85. The van der Waals surface area contributed by atoms with E-state index in [4.69, 9.17) is 0 Å². The lowest BCUT2D eigenvalue weighted by molar-refractivity contribution is -0.513. The molecule has 2 atom stereocenters. The molecule has 0 spiro atoms. The van der Waals surface area contributed by atoms with Gasteiger partial charge >= 0.3 is 0 Å². The highest BCUT2D eigenvalue weighted by Crippen LogP contribution is 2.42. The maximum Gasteiger partial charge on any atom is 0.290 e. The number of ketones is 1. The van der Waals surface area contributed by atoms with Gasteiger partial charge in [0.05, 0.1) is 11.6 Å². The number of carbonyl (C=O) groups excluding carboxylic acids is 1. The molecule has 1 fully saturated rings. The number of nitrogens with zero attached hydrogens (tertiary/aromatic N) is 2. The first-order valence-electron chi connectivity index (χ1n) is 7.51. The molecule has 0 aromatic heterocycles. The highest BCUT2D eigenvalue weighted by atomic mass is 16.5. The molecule has 1 aromatic carbocycles. The average molecular weight is 284 g/mol. The largest absolute Gasteiger partial charge is 0.758 e. The molecule has 5 nitrogen and oxygen atoms in total. The van der Waals surface area contributed by atoms with Crippen LogP contribution in [0.2, 0.25) is 0 Å². The molecule has 5 heteroatoms. The van der Waals surface area contributed by atoms with Gasteiger partial charge in [-0.05, 0) is 18.9 Å². The molecule has 0 N–H and O–H groups in total. The smallest absolute Gasteiger partial charge is 0.290 e. The standard InChI is InChI=1S/C16H16N2O3/c19-16-11-7-5-4-6-10(11)14-15(16)18(21)13-9-3-1-2-8-12(13)17(14)20/h4-7,12-13H,1-3,8-9H2/t12-,13-/m0/s1. The predicted octanol–water partition coefficient (Wildman–Crippen LogP) is 2.85. The Balaban J connectivity index is 1.88. The van der Waals surface area contributed by atoms with Crippen LogP contribution in [0.15, 0.2) is 30.0 Å². The van der Waals surface area contributed by atoms with Gasteiger partial charge in [0, 0.05) is 21.7 Å². The van der Waals surface area contributed by atoms with Gasteiger partial charge < -0.3 is 10.3 Å². The van der Waals surface area contributed by atoms with Gasteiger partial charge in [-0.25, -0.2) is 0 Å². The minimum atomic E-state index is -0.387. The Labute approximate surface area is 122 Å². The Hall–Kier alpha value is -2.01. The zero-order chi connectivity index (χ0) is 14.6. The highest BCUT2D eigenvalue weighted by molar-refractivity contribution is 6.19. The van der Waals surface area contributed by atoms with Crippen LogP contribution in [0.25, 0.3) is 5.70 Å². The molecule has 21 heavy (non-hydrogen) atoms. The third-order valence-electron chi connectivity index (χ3n) is 4.85. The number of nitroso groups, excluding NO2 is 1. The van der Waals surface area contributed by atoms with E-state index in [-0.39, 0.29) is 29.3 Å². The topological polar surface area (TPSA) is 63.5 Å². The SMILES string of the molecule is O=C1C2=C(c3ccccc31)[N+](=O)[C@H]1CCCCC[C@@H]1N2[O-]. The highest BCUT2D eigenvalue weighted by Gasteiger charge is 2.51. The van der Waals surface area contributed by atoms with Gasteiger partial charge in [0.2, 0.25) is 11.8 Å². The first-order chi connectivity index (χ1) is 10.2. The van der Waals surface area contributed by atoms with Crippen LogP contribution < -0.4 is 0 Å². The molecule has 0 unspecified atom stereocenters. The molecule has 0 radical (unpaired) electrons. The van der Waals surface area contributed by atoms with Crippen molar-refractivity contribution in [3.8, 4) is 0 Å². The summed E-state index contributed by atoms with van der Waals surface area (Å²) >= 11 is 0. The summed E-state index contributed by atoms with van der Waals surface area (Å²) in [5.41, 5.74) is 1.42. The van der Waals surface area contributed by atoms with Crippen LogP contribution in [0.3, 0.4) is 0 Å². The molecule has 1 aliphatic heterocycles. The van der Waals surface area contributed by atoms with Crippen molar-refractivity contribution in [3.05, 3.63) is 51.2 Å². The number of Topliss-reactive ketones (excluding diaryl/α,β-unsaturated/α-hetero) is 1. The van der Waals surface area contributed by atoms with Crippen LogP contribution in [-0.2, 0) is 0 Å². The molecule has 0 bridgehead atoms. The number of allylic oxidation sites excluding steroid dienone is 1. The van der Waals surface area contributed by atoms with Gasteiger partial charge in [0.15, 0.2) is 5.70 Å². The van der Waals surface area contributed by atoms with Crippen LogP contribution in [0.5, 0.6) is 0 Å². The van der Waals surface area contributed by atoms with E-state index in [1.807, 2.05) is 0 Å². The molecule has 1 saturated carbocycles. The molecule has 108 valence electrons. The van der Waals surface area contributed by atoms with Crippen LogP contribution in [0.4, 0.5) is 0 Å². The fourth-order valence-corrected chi connectivity index (χ4v) is 3.83. The molecule has 3 aliphatic rings. The van der Waals surface area contributed by atoms with Crippen molar-refractivity contribution < 1.29 is 9.55 Å². The number of hydroxylamine groups is 2. The lowest BCUT2D eigenvalue weighted by Crippen LogP contribution is -2.49. The molecule has 4 rings (SSSR count). The summed E-state index contributed by atoms with van der Waals surface area (Å²) in [6, 6.07) is 6.28. The van der Waals surface area contributed by atoms with Crippen molar-refractivity contribution in [1.29, 1.82) is 0 Å². The molecule has 0 saturated heterocycles. The number of rotatable bonds is 0. The fraction of sp³-hybridized carbons (Fsp3) is 0.438. The van der Waals surface area contributed by atoms with Crippen LogP contribution >= 0.6 is 0 Å². The Kier molecular flexibility index (Phi) is 2.72.